The summed E-state index contributed by atoms with van der Waals surface area (Å²) in [6, 6.07) is 0. The minimum Gasteiger partial charge on any atom is -0.465 e. The summed E-state index contributed by atoms with van der Waals surface area (Å²) in [5.74, 6) is -1.11. The second-order valence-electron chi connectivity index (χ2n) is 5.87. The fourth-order valence-electron chi connectivity index (χ4n) is 1.71. The van der Waals surface area contributed by atoms with Crippen LogP contribution in [-0.4, -0.2) is 59.3 Å². The summed E-state index contributed by atoms with van der Waals surface area (Å²) in [5, 5.41) is 28.4. The lowest BCUT2D eigenvalue weighted by Gasteiger charge is -2.29. The molecule has 0 rings (SSSR count). The summed E-state index contributed by atoms with van der Waals surface area (Å²) in [6.07, 6.45) is -0.371. The maximum absolute atomic E-state index is 11.6. The van der Waals surface area contributed by atoms with Crippen molar-refractivity contribution in [1.29, 1.82) is 0 Å². The minimum atomic E-state index is -0.875. The number of aliphatic hydroxyl groups excluding tert-OH is 3. The summed E-state index contributed by atoms with van der Waals surface area (Å²) in [5.41, 5.74) is -0.875. The first-order valence-corrected chi connectivity index (χ1v) is 8.10. The van der Waals surface area contributed by atoms with Gasteiger partial charge in [-0.2, -0.15) is 0 Å². The van der Waals surface area contributed by atoms with Gasteiger partial charge in [-0.3, -0.25) is 9.59 Å². The van der Waals surface area contributed by atoms with Crippen molar-refractivity contribution in [2.45, 2.75) is 65.1 Å². The van der Waals surface area contributed by atoms with Gasteiger partial charge >= 0.3 is 11.9 Å². The van der Waals surface area contributed by atoms with Crippen molar-refractivity contribution in [1.82, 2.24) is 0 Å². The zero-order valence-corrected chi connectivity index (χ0v) is 14.3. The Morgan fingerprint density at radius 2 is 1.30 bits per heavy atom. The summed E-state index contributed by atoms with van der Waals surface area (Å²) in [4.78, 5) is 23.2. The van der Waals surface area contributed by atoms with E-state index in [9.17, 15) is 24.9 Å². The average molecular weight is 334 g/mol. The summed E-state index contributed by atoms with van der Waals surface area (Å²) < 4.78 is 10.2. The Kier molecular flexibility index (Phi) is 10.8. The highest BCUT2D eigenvalue weighted by Crippen LogP contribution is 2.23. The highest BCUT2D eigenvalue weighted by molar-refractivity contribution is 5.70. The van der Waals surface area contributed by atoms with Crippen LogP contribution in [0.3, 0.4) is 0 Å². The Bertz CT molecular complexity index is 322. The molecule has 0 spiro atoms. The number of ether oxygens (including phenoxy) is 2. The van der Waals surface area contributed by atoms with E-state index < -0.39 is 29.6 Å². The lowest BCUT2D eigenvalue weighted by molar-refractivity contribution is -0.158. The quantitative estimate of drug-likeness (QED) is 0.452. The molecule has 3 N–H and O–H groups in total. The van der Waals surface area contributed by atoms with Crippen LogP contribution in [0.2, 0.25) is 0 Å². The predicted molar refractivity (Wildman–Crippen MR) is 83.6 cm³/mol. The van der Waals surface area contributed by atoms with Crippen molar-refractivity contribution >= 4 is 11.9 Å². The smallest absolute Gasteiger partial charge is 0.308 e. The van der Waals surface area contributed by atoms with Crippen molar-refractivity contribution in [3.63, 3.8) is 0 Å². The van der Waals surface area contributed by atoms with Gasteiger partial charge in [0.1, 0.15) is 13.2 Å². The summed E-state index contributed by atoms with van der Waals surface area (Å²) in [7, 11) is 0. The number of hydrogen-bond acceptors (Lipinski definition) is 7. The third-order valence-corrected chi connectivity index (χ3v) is 3.91. The predicted octanol–water partition coefficient (Wildman–Crippen LogP) is 0.783. The second-order valence-corrected chi connectivity index (χ2v) is 5.87. The zero-order chi connectivity index (χ0) is 17.9. The van der Waals surface area contributed by atoms with Crippen LogP contribution in [0.1, 0.15) is 52.9 Å². The maximum atomic E-state index is 11.6. The maximum Gasteiger partial charge on any atom is 0.308 e. The number of carbonyl (C=O) groups is 2. The molecule has 0 radical (unpaired) electrons. The number of aliphatic hydroxyl groups is 3. The molecule has 7 nitrogen and oxygen atoms in total. The Balaban J connectivity index is 4.44. The molecule has 0 aromatic carbocycles. The van der Waals surface area contributed by atoms with Crippen LogP contribution in [0, 0.1) is 5.41 Å². The zero-order valence-electron chi connectivity index (χ0n) is 14.3. The number of esters is 2. The van der Waals surface area contributed by atoms with Gasteiger partial charge in [0.2, 0.25) is 0 Å². The SMILES string of the molecule is CCC(O)CC(=O)OCC(CC)(CO)COC(=O)CC(O)CC. The fourth-order valence-corrected chi connectivity index (χ4v) is 1.71. The normalized spacial score (nSPS) is 16.3. The average Bonchev–Trinajstić information content (AvgIpc) is 2.55. The standard InChI is InChI=1S/C16H30O7/c1-4-12(18)7-14(20)22-10-16(6-3,9-17)11-23-15(21)8-13(19)5-2/h12-13,17-19H,4-11H2,1-3H3. The second kappa shape index (κ2) is 11.4. The Hall–Kier alpha value is -1.18. The molecule has 0 aliphatic heterocycles. The number of hydrogen-bond donors (Lipinski definition) is 3. The van der Waals surface area contributed by atoms with Crippen LogP contribution in [0.25, 0.3) is 0 Å². The first-order valence-electron chi connectivity index (χ1n) is 8.10. The van der Waals surface area contributed by atoms with E-state index in [0.29, 0.717) is 19.3 Å². The minimum absolute atomic E-state index is 0.0983. The Morgan fingerprint density at radius 1 is 0.913 bits per heavy atom. The van der Waals surface area contributed by atoms with Crippen LogP contribution >= 0.6 is 0 Å². The van der Waals surface area contributed by atoms with Gasteiger partial charge in [-0.05, 0) is 19.3 Å². The third kappa shape index (κ3) is 8.88. The van der Waals surface area contributed by atoms with Crippen molar-refractivity contribution in [3.8, 4) is 0 Å². The summed E-state index contributed by atoms with van der Waals surface area (Å²) >= 11 is 0. The molecule has 0 amide bonds. The molecule has 136 valence electrons. The van der Waals surface area contributed by atoms with Crippen LogP contribution in [-0.2, 0) is 19.1 Å². The van der Waals surface area contributed by atoms with E-state index in [1.807, 2.05) is 0 Å². The fraction of sp³-hybridized carbons (Fsp3) is 0.875. The summed E-state index contributed by atoms with van der Waals surface area (Å²) in [6.45, 7) is 4.80. The first-order chi connectivity index (χ1) is 10.8. The van der Waals surface area contributed by atoms with E-state index in [-0.39, 0.29) is 32.7 Å². The van der Waals surface area contributed by atoms with E-state index in [4.69, 9.17) is 9.47 Å². The van der Waals surface area contributed by atoms with Gasteiger partial charge < -0.3 is 24.8 Å². The van der Waals surface area contributed by atoms with Crippen molar-refractivity contribution in [3.05, 3.63) is 0 Å². The van der Waals surface area contributed by atoms with E-state index in [2.05, 4.69) is 0 Å². The molecule has 0 aromatic heterocycles. The molecule has 0 saturated heterocycles. The topological polar surface area (TPSA) is 113 Å². The lowest BCUT2D eigenvalue weighted by Crippen LogP contribution is -2.38. The third-order valence-electron chi connectivity index (χ3n) is 3.91. The monoisotopic (exact) mass is 334 g/mol. The highest BCUT2D eigenvalue weighted by Gasteiger charge is 2.32. The van der Waals surface area contributed by atoms with Crippen LogP contribution in [0.5, 0.6) is 0 Å². The molecular formula is C16H30O7. The largest absolute Gasteiger partial charge is 0.465 e. The van der Waals surface area contributed by atoms with Crippen molar-refractivity contribution in [2.75, 3.05) is 19.8 Å². The number of rotatable bonds is 12. The van der Waals surface area contributed by atoms with Gasteiger partial charge in [-0.15, -0.1) is 0 Å². The molecule has 23 heavy (non-hydrogen) atoms. The first kappa shape index (κ1) is 21.8. The van der Waals surface area contributed by atoms with Gasteiger partial charge in [0, 0.05) is 0 Å². The number of carbonyl (C=O) groups excluding carboxylic acids is 2. The highest BCUT2D eigenvalue weighted by atomic mass is 16.5. The van der Waals surface area contributed by atoms with Crippen LogP contribution in [0.4, 0.5) is 0 Å². The molecule has 2 unspecified atom stereocenters. The molecular weight excluding hydrogens is 304 g/mol. The van der Waals surface area contributed by atoms with Gasteiger partial charge in [-0.1, -0.05) is 20.8 Å². The molecule has 0 heterocycles. The molecule has 0 saturated carbocycles. The van der Waals surface area contributed by atoms with Gasteiger partial charge in [-0.25, -0.2) is 0 Å². The van der Waals surface area contributed by atoms with Crippen LogP contribution < -0.4 is 0 Å². The Morgan fingerprint density at radius 3 is 1.57 bits per heavy atom. The molecule has 0 fully saturated rings. The molecule has 0 aliphatic carbocycles. The van der Waals surface area contributed by atoms with E-state index in [1.54, 1.807) is 20.8 Å². The molecule has 0 aromatic rings. The lowest BCUT2D eigenvalue weighted by atomic mass is 9.88. The van der Waals surface area contributed by atoms with Gasteiger partial charge in [0.15, 0.2) is 0 Å². The Labute approximate surface area is 137 Å². The van der Waals surface area contributed by atoms with Gasteiger partial charge in [0.25, 0.3) is 0 Å². The van der Waals surface area contributed by atoms with E-state index >= 15 is 0 Å². The van der Waals surface area contributed by atoms with Gasteiger partial charge in [0.05, 0.1) is 37.1 Å². The molecule has 0 bridgehead atoms. The molecule has 0 aliphatic rings. The van der Waals surface area contributed by atoms with Crippen LogP contribution in [0.15, 0.2) is 0 Å². The van der Waals surface area contributed by atoms with Crippen molar-refractivity contribution in [2.24, 2.45) is 5.41 Å². The molecule has 7 heteroatoms. The van der Waals surface area contributed by atoms with Crippen molar-refractivity contribution < 1.29 is 34.4 Å². The van der Waals surface area contributed by atoms with E-state index in [1.165, 1.54) is 0 Å². The van der Waals surface area contributed by atoms with E-state index in [0.717, 1.165) is 0 Å². The molecule has 2 atom stereocenters.